The zero-order valence-electron chi connectivity index (χ0n) is 13.4. The summed E-state index contributed by atoms with van der Waals surface area (Å²) >= 11 is 0. The van der Waals surface area contributed by atoms with Crippen LogP contribution >= 0.6 is 0 Å². The molecule has 2 rings (SSSR count). The molecule has 5 N–H and O–H groups in total. The van der Waals surface area contributed by atoms with E-state index in [0.29, 0.717) is 11.3 Å². The Balaban J connectivity index is 1.82. The lowest BCUT2D eigenvalue weighted by Crippen LogP contribution is -2.34. The zero-order valence-corrected chi connectivity index (χ0v) is 13.4. The van der Waals surface area contributed by atoms with E-state index in [2.05, 4.69) is 10.6 Å². The fraction of sp³-hybridized carbons (Fsp3) is 0.176. The van der Waals surface area contributed by atoms with Crippen LogP contribution in [0.3, 0.4) is 0 Å². The number of ether oxygens (including phenoxy) is 1. The molecule has 132 valence electrons. The van der Waals surface area contributed by atoms with Crippen molar-refractivity contribution in [1.82, 2.24) is 10.6 Å². The third kappa shape index (κ3) is 4.54. The first-order valence-electron chi connectivity index (χ1n) is 7.37. The van der Waals surface area contributed by atoms with Crippen LogP contribution < -0.4 is 15.4 Å². The largest absolute Gasteiger partial charge is 0.504 e. The molecular formula is C17H18N2O6. The number of rotatable bonds is 6. The van der Waals surface area contributed by atoms with Gasteiger partial charge in [0.2, 0.25) is 0 Å². The van der Waals surface area contributed by atoms with Gasteiger partial charge in [0.25, 0.3) is 11.8 Å². The number of phenolic OH excluding ortho intramolecular Hbond substituents is 3. The smallest absolute Gasteiger partial charge is 0.251 e. The molecule has 0 aliphatic carbocycles. The second kappa shape index (κ2) is 7.91. The number of aromatic hydroxyl groups is 3. The molecule has 0 aliphatic rings. The number of amides is 2. The monoisotopic (exact) mass is 346 g/mol. The standard InChI is InChI=1S/C17H18N2O6/c1-25-12-4-2-10(3-5-12)16(23)18-6-7-19-17(24)11-8-13(20)15(22)14(21)9-11/h2-5,8-9,20-22H,6-7H2,1H3,(H,18,23)(H,19,24). The highest BCUT2D eigenvalue weighted by Crippen LogP contribution is 2.35. The van der Waals surface area contributed by atoms with E-state index in [9.17, 15) is 24.9 Å². The molecule has 0 saturated carbocycles. The number of hydrogen-bond donors (Lipinski definition) is 5. The van der Waals surface area contributed by atoms with Crippen molar-refractivity contribution in [2.75, 3.05) is 20.2 Å². The second-order valence-corrected chi connectivity index (χ2v) is 5.10. The van der Waals surface area contributed by atoms with Gasteiger partial charge in [-0.15, -0.1) is 0 Å². The number of carbonyl (C=O) groups is 2. The van der Waals surface area contributed by atoms with E-state index in [0.717, 1.165) is 12.1 Å². The molecular weight excluding hydrogens is 328 g/mol. The third-order valence-corrected chi connectivity index (χ3v) is 3.38. The van der Waals surface area contributed by atoms with Gasteiger partial charge in [0.1, 0.15) is 5.75 Å². The number of carbonyl (C=O) groups excluding carboxylic acids is 2. The van der Waals surface area contributed by atoms with Gasteiger partial charge < -0.3 is 30.7 Å². The van der Waals surface area contributed by atoms with Crippen LogP contribution in [0.15, 0.2) is 36.4 Å². The van der Waals surface area contributed by atoms with E-state index in [1.54, 1.807) is 24.3 Å². The van der Waals surface area contributed by atoms with Crippen LogP contribution in [0.1, 0.15) is 20.7 Å². The average Bonchev–Trinajstić information content (AvgIpc) is 2.62. The molecule has 0 unspecified atom stereocenters. The number of nitrogens with one attached hydrogen (secondary N) is 2. The molecule has 0 heterocycles. The van der Waals surface area contributed by atoms with Gasteiger partial charge in [0.05, 0.1) is 7.11 Å². The van der Waals surface area contributed by atoms with E-state index in [4.69, 9.17) is 4.74 Å². The van der Waals surface area contributed by atoms with Crippen LogP contribution in [-0.2, 0) is 0 Å². The Morgan fingerprint density at radius 2 is 1.36 bits per heavy atom. The summed E-state index contributed by atoms with van der Waals surface area (Å²) in [6.45, 7) is 0.329. The first kappa shape index (κ1) is 17.9. The minimum atomic E-state index is -0.691. The van der Waals surface area contributed by atoms with Crippen molar-refractivity contribution in [1.29, 1.82) is 0 Å². The van der Waals surface area contributed by atoms with Crippen molar-refractivity contribution in [3.63, 3.8) is 0 Å². The number of phenols is 3. The van der Waals surface area contributed by atoms with Crippen molar-refractivity contribution in [3.8, 4) is 23.0 Å². The van der Waals surface area contributed by atoms with E-state index >= 15 is 0 Å². The molecule has 0 spiro atoms. The van der Waals surface area contributed by atoms with E-state index in [-0.39, 0.29) is 24.6 Å². The minimum Gasteiger partial charge on any atom is -0.504 e. The Morgan fingerprint density at radius 1 is 0.880 bits per heavy atom. The van der Waals surface area contributed by atoms with Gasteiger partial charge in [-0.1, -0.05) is 0 Å². The zero-order chi connectivity index (χ0) is 18.4. The van der Waals surface area contributed by atoms with Crippen LogP contribution in [0.5, 0.6) is 23.0 Å². The Labute approximate surface area is 143 Å². The highest BCUT2D eigenvalue weighted by Gasteiger charge is 2.13. The molecule has 0 aromatic heterocycles. The molecule has 0 atom stereocenters. The van der Waals surface area contributed by atoms with Gasteiger partial charge in [0, 0.05) is 24.2 Å². The Bertz CT molecular complexity index is 750. The SMILES string of the molecule is COc1ccc(C(=O)NCCNC(=O)c2cc(O)c(O)c(O)c2)cc1. The third-order valence-electron chi connectivity index (χ3n) is 3.38. The van der Waals surface area contributed by atoms with Gasteiger partial charge in [-0.05, 0) is 36.4 Å². The summed E-state index contributed by atoms with van der Waals surface area (Å²) in [6, 6.07) is 8.63. The normalized spacial score (nSPS) is 10.1. The van der Waals surface area contributed by atoms with Crippen molar-refractivity contribution in [3.05, 3.63) is 47.5 Å². The summed E-state index contributed by atoms with van der Waals surface area (Å²) in [6.07, 6.45) is 0. The quantitative estimate of drug-likeness (QED) is 0.392. The highest BCUT2D eigenvalue weighted by molar-refractivity contribution is 5.96. The summed E-state index contributed by atoms with van der Waals surface area (Å²) < 4.78 is 5.01. The predicted octanol–water partition coefficient (Wildman–Crippen LogP) is 0.972. The molecule has 0 radical (unpaired) electrons. The number of benzene rings is 2. The average molecular weight is 346 g/mol. The lowest BCUT2D eigenvalue weighted by molar-refractivity contribution is 0.0927. The van der Waals surface area contributed by atoms with Gasteiger partial charge in [-0.2, -0.15) is 0 Å². The highest BCUT2D eigenvalue weighted by atomic mass is 16.5. The van der Waals surface area contributed by atoms with Crippen LogP contribution in [0, 0.1) is 0 Å². The van der Waals surface area contributed by atoms with Crippen LogP contribution in [0.2, 0.25) is 0 Å². The molecule has 0 fully saturated rings. The summed E-state index contributed by atoms with van der Waals surface area (Å²) in [5.41, 5.74) is 0.440. The van der Waals surface area contributed by atoms with E-state index in [1.165, 1.54) is 7.11 Å². The van der Waals surface area contributed by atoms with Gasteiger partial charge in [-0.25, -0.2) is 0 Å². The van der Waals surface area contributed by atoms with Crippen LogP contribution in [0.4, 0.5) is 0 Å². The molecule has 0 saturated heterocycles. The summed E-state index contributed by atoms with van der Waals surface area (Å²) in [5, 5.41) is 33.2. The minimum absolute atomic E-state index is 0.0192. The van der Waals surface area contributed by atoms with Crippen molar-refractivity contribution < 1.29 is 29.6 Å². The maximum absolute atomic E-state index is 11.9. The molecule has 2 amide bonds. The Kier molecular flexibility index (Phi) is 5.67. The number of methoxy groups -OCH3 is 1. The van der Waals surface area contributed by atoms with Gasteiger partial charge >= 0.3 is 0 Å². The molecule has 0 aliphatic heterocycles. The predicted molar refractivity (Wildman–Crippen MR) is 89.1 cm³/mol. The second-order valence-electron chi connectivity index (χ2n) is 5.10. The first-order chi connectivity index (χ1) is 11.9. The lowest BCUT2D eigenvalue weighted by atomic mass is 10.1. The van der Waals surface area contributed by atoms with Crippen LogP contribution in [0.25, 0.3) is 0 Å². The summed E-state index contributed by atoms with van der Waals surface area (Å²) in [5.74, 6) is -2.11. The molecule has 0 bridgehead atoms. The fourth-order valence-corrected chi connectivity index (χ4v) is 2.03. The van der Waals surface area contributed by atoms with E-state index in [1.807, 2.05) is 0 Å². The van der Waals surface area contributed by atoms with Crippen molar-refractivity contribution in [2.45, 2.75) is 0 Å². The maximum Gasteiger partial charge on any atom is 0.251 e. The Hall–Kier alpha value is -3.42. The summed E-state index contributed by atoms with van der Waals surface area (Å²) in [4.78, 5) is 23.8. The van der Waals surface area contributed by atoms with E-state index < -0.39 is 23.2 Å². The lowest BCUT2D eigenvalue weighted by Gasteiger charge is -2.09. The molecule has 2 aromatic rings. The fourth-order valence-electron chi connectivity index (χ4n) is 2.03. The summed E-state index contributed by atoms with van der Waals surface area (Å²) in [7, 11) is 1.53. The topological polar surface area (TPSA) is 128 Å². The number of hydrogen-bond acceptors (Lipinski definition) is 6. The van der Waals surface area contributed by atoms with Crippen LogP contribution in [-0.4, -0.2) is 47.3 Å². The molecule has 2 aromatic carbocycles. The maximum atomic E-state index is 11.9. The first-order valence-corrected chi connectivity index (χ1v) is 7.37. The van der Waals surface area contributed by atoms with Gasteiger partial charge in [-0.3, -0.25) is 9.59 Å². The van der Waals surface area contributed by atoms with Gasteiger partial charge in [0.15, 0.2) is 17.2 Å². The molecule has 25 heavy (non-hydrogen) atoms. The molecule has 8 nitrogen and oxygen atoms in total. The Morgan fingerprint density at radius 3 is 1.84 bits per heavy atom. The van der Waals surface area contributed by atoms with Crippen molar-refractivity contribution in [2.24, 2.45) is 0 Å². The van der Waals surface area contributed by atoms with Crippen molar-refractivity contribution >= 4 is 11.8 Å². The molecule has 8 heteroatoms.